The Morgan fingerprint density at radius 2 is 1.66 bits per heavy atom. The van der Waals surface area contributed by atoms with Crippen molar-refractivity contribution < 1.29 is 9.84 Å². The van der Waals surface area contributed by atoms with E-state index in [1.54, 1.807) is 6.07 Å². The number of ether oxygens (including phenoxy) is 1. The Hall–Kier alpha value is -1.26. The van der Waals surface area contributed by atoms with Crippen LogP contribution >= 0.6 is 0 Å². The fourth-order valence-electron chi connectivity index (χ4n) is 10.6. The van der Waals surface area contributed by atoms with E-state index in [0.717, 1.165) is 48.0 Å². The van der Waals surface area contributed by atoms with E-state index < -0.39 is 0 Å². The van der Waals surface area contributed by atoms with Crippen molar-refractivity contribution in [2.75, 3.05) is 11.5 Å². The van der Waals surface area contributed by atoms with Gasteiger partial charge in [0.1, 0.15) is 0 Å². The highest BCUT2D eigenvalue weighted by atomic mass is 16.5. The summed E-state index contributed by atoms with van der Waals surface area (Å²) >= 11 is 0. The van der Waals surface area contributed by atoms with Crippen LogP contribution in [-0.4, -0.2) is 17.3 Å². The highest BCUT2D eigenvalue weighted by molar-refractivity contribution is 5.54. The average molecular weight is 525 g/mol. The molecule has 10 atom stereocenters. The summed E-state index contributed by atoms with van der Waals surface area (Å²) in [4.78, 5) is 0. The van der Waals surface area contributed by atoms with E-state index in [4.69, 9.17) is 16.2 Å². The first kappa shape index (κ1) is 28.3. The summed E-state index contributed by atoms with van der Waals surface area (Å²) in [6.07, 6.45) is 13.9. The van der Waals surface area contributed by atoms with Crippen molar-refractivity contribution in [3.63, 3.8) is 0 Å². The predicted molar refractivity (Wildman–Crippen MR) is 158 cm³/mol. The summed E-state index contributed by atoms with van der Waals surface area (Å²) in [6, 6.07) is 5.76. The van der Waals surface area contributed by atoms with Crippen molar-refractivity contribution in [3.05, 3.63) is 23.8 Å². The number of aliphatic hydroxyl groups excluding tert-OH is 1. The molecule has 38 heavy (non-hydrogen) atoms. The number of benzene rings is 1. The lowest BCUT2D eigenvalue weighted by atomic mass is 9.43. The summed E-state index contributed by atoms with van der Waals surface area (Å²) in [5, 5.41) is 10.9. The van der Waals surface area contributed by atoms with Gasteiger partial charge in [0.2, 0.25) is 0 Å². The van der Waals surface area contributed by atoms with Gasteiger partial charge in [-0.2, -0.15) is 0 Å². The molecule has 214 valence electrons. The van der Waals surface area contributed by atoms with Gasteiger partial charge in [0.25, 0.3) is 0 Å². The van der Waals surface area contributed by atoms with Crippen LogP contribution in [0.25, 0.3) is 0 Å². The normalized spacial score (nSPS) is 41.4. The molecule has 4 aliphatic carbocycles. The van der Waals surface area contributed by atoms with Gasteiger partial charge >= 0.3 is 0 Å². The molecule has 1 aromatic rings. The Bertz CT molecular complexity index is 944. The Balaban J connectivity index is 1.33. The first-order valence-electron chi connectivity index (χ1n) is 16.0. The van der Waals surface area contributed by atoms with Gasteiger partial charge in [0, 0.05) is 17.8 Å². The van der Waals surface area contributed by atoms with E-state index in [0.29, 0.717) is 35.2 Å². The first-order chi connectivity index (χ1) is 18.0. The number of nitrogen functional groups attached to an aromatic ring is 2. The van der Waals surface area contributed by atoms with Crippen LogP contribution < -0.4 is 11.5 Å². The summed E-state index contributed by atoms with van der Waals surface area (Å²) in [5.74, 6) is 5.49. The molecule has 4 heteroatoms. The molecule has 0 amide bonds. The SMILES string of the molecule is CC(C)CCC[C@@H](C)[C@H]1CC[C@H]2[C@H]3CC[C@@H]4C[C@H](O)CC(OCc5cc(N)cc(N)c5)[C@]4(C)[C@H]3CC[C@]12C. The van der Waals surface area contributed by atoms with Gasteiger partial charge in [0.15, 0.2) is 0 Å². The number of fused-ring (bicyclic) bond motifs is 5. The minimum absolute atomic E-state index is 0.0863. The lowest BCUT2D eigenvalue weighted by molar-refractivity contribution is -0.201. The number of hydrogen-bond donors (Lipinski definition) is 3. The van der Waals surface area contributed by atoms with E-state index >= 15 is 0 Å². The highest BCUT2D eigenvalue weighted by Crippen LogP contribution is 2.68. The van der Waals surface area contributed by atoms with Crippen molar-refractivity contribution in [1.82, 2.24) is 0 Å². The lowest BCUT2D eigenvalue weighted by Gasteiger charge is -2.63. The van der Waals surface area contributed by atoms with Gasteiger partial charge in [0.05, 0.1) is 18.8 Å². The van der Waals surface area contributed by atoms with Gasteiger partial charge in [-0.1, -0.05) is 53.9 Å². The molecule has 0 bridgehead atoms. The van der Waals surface area contributed by atoms with Crippen LogP contribution in [0.15, 0.2) is 18.2 Å². The Morgan fingerprint density at radius 1 is 0.921 bits per heavy atom. The molecule has 0 radical (unpaired) electrons. The molecule has 4 saturated carbocycles. The molecular weight excluding hydrogens is 468 g/mol. The van der Waals surface area contributed by atoms with Crippen molar-refractivity contribution in [2.45, 2.75) is 124 Å². The average Bonchev–Trinajstić information content (AvgIpc) is 3.19. The minimum atomic E-state index is -0.253. The standard InChI is InChI=1S/C34H56N2O2/c1-21(2)7-6-8-22(3)29-11-12-30-28-10-9-24-17-27(37)19-32(34(24,5)31(28)13-14-33(29,30)4)38-20-23-15-25(35)18-26(36)16-23/h15-16,18,21-22,24,27-32,37H,6-14,17,19-20,35-36H2,1-5H3/t22-,24-,27+,28-,29-,30+,31+,32?,33-,34+/m1/s1. The molecule has 4 nitrogen and oxygen atoms in total. The Labute approximate surface area is 232 Å². The summed E-state index contributed by atoms with van der Waals surface area (Å²) < 4.78 is 6.76. The van der Waals surface area contributed by atoms with Crippen LogP contribution in [0.1, 0.15) is 111 Å². The summed E-state index contributed by atoms with van der Waals surface area (Å²) in [7, 11) is 0. The van der Waals surface area contributed by atoms with Crippen LogP contribution in [0.2, 0.25) is 0 Å². The maximum Gasteiger partial charge on any atom is 0.0722 e. The van der Waals surface area contributed by atoms with Gasteiger partial charge < -0.3 is 21.3 Å². The number of hydrogen-bond acceptors (Lipinski definition) is 4. The predicted octanol–water partition coefficient (Wildman–Crippen LogP) is 7.83. The number of nitrogens with two attached hydrogens (primary N) is 2. The van der Waals surface area contributed by atoms with Crippen molar-refractivity contribution in [1.29, 1.82) is 0 Å². The molecule has 0 heterocycles. The molecule has 0 spiro atoms. The first-order valence-corrected chi connectivity index (χ1v) is 16.0. The molecule has 0 saturated heterocycles. The third-order valence-corrected chi connectivity index (χ3v) is 12.4. The monoisotopic (exact) mass is 524 g/mol. The van der Waals surface area contributed by atoms with Crippen LogP contribution in [-0.2, 0) is 11.3 Å². The maximum atomic E-state index is 10.9. The molecule has 1 aromatic carbocycles. The molecule has 5 N–H and O–H groups in total. The lowest BCUT2D eigenvalue weighted by Crippen LogP contribution is -2.59. The highest BCUT2D eigenvalue weighted by Gasteiger charge is 2.63. The zero-order valence-corrected chi connectivity index (χ0v) is 24.9. The Morgan fingerprint density at radius 3 is 2.37 bits per heavy atom. The van der Waals surface area contributed by atoms with Crippen molar-refractivity contribution in [3.8, 4) is 0 Å². The minimum Gasteiger partial charge on any atom is -0.399 e. The van der Waals surface area contributed by atoms with Gasteiger partial charge in [-0.05, 0) is 121 Å². The van der Waals surface area contributed by atoms with Crippen molar-refractivity contribution in [2.24, 2.45) is 52.3 Å². The number of anilines is 2. The van der Waals surface area contributed by atoms with Crippen LogP contribution in [0, 0.1) is 52.3 Å². The van der Waals surface area contributed by atoms with E-state index in [1.165, 1.54) is 57.8 Å². The van der Waals surface area contributed by atoms with Crippen LogP contribution in [0.5, 0.6) is 0 Å². The van der Waals surface area contributed by atoms with E-state index in [1.807, 2.05) is 12.1 Å². The zero-order valence-electron chi connectivity index (χ0n) is 24.9. The van der Waals surface area contributed by atoms with Crippen LogP contribution in [0.3, 0.4) is 0 Å². The molecule has 0 aliphatic heterocycles. The third-order valence-electron chi connectivity index (χ3n) is 12.4. The second-order valence-electron chi connectivity index (χ2n) is 15.0. The van der Waals surface area contributed by atoms with Gasteiger partial charge in [-0.15, -0.1) is 0 Å². The summed E-state index contributed by atoms with van der Waals surface area (Å²) in [5.41, 5.74) is 15.2. The molecule has 1 unspecified atom stereocenters. The maximum absolute atomic E-state index is 10.9. The second-order valence-corrected chi connectivity index (χ2v) is 15.0. The van der Waals surface area contributed by atoms with E-state index in [9.17, 15) is 5.11 Å². The van der Waals surface area contributed by atoms with Crippen molar-refractivity contribution >= 4 is 11.4 Å². The number of aliphatic hydroxyl groups is 1. The molecule has 0 aromatic heterocycles. The molecule has 5 rings (SSSR count). The number of rotatable bonds is 8. The molecule has 4 fully saturated rings. The third kappa shape index (κ3) is 5.14. The zero-order chi connectivity index (χ0) is 27.2. The summed E-state index contributed by atoms with van der Waals surface area (Å²) in [6.45, 7) is 13.0. The van der Waals surface area contributed by atoms with E-state index in [-0.39, 0.29) is 17.6 Å². The molecule has 4 aliphatic rings. The quantitative estimate of drug-likeness (QED) is 0.303. The second kappa shape index (κ2) is 11.0. The van der Waals surface area contributed by atoms with Crippen LogP contribution in [0.4, 0.5) is 11.4 Å². The van der Waals surface area contributed by atoms with E-state index in [2.05, 4.69) is 34.6 Å². The van der Waals surface area contributed by atoms with Gasteiger partial charge in [-0.25, -0.2) is 0 Å². The topological polar surface area (TPSA) is 81.5 Å². The van der Waals surface area contributed by atoms with Gasteiger partial charge in [-0.3, -0.25) is 0 Å². The fraction of sp³-hybridized carbons (Fsp3) is 0.824. The smallest absolute Gasteiger partial charge is 0.0722 e. The Kier molecular flexibility index (Phi) is 8.15. The molecular formula is C34H56N2O2. The fourth-order valence-corrected chi connectivity index (χ4v) is 10.6. The largest absolute Gasteiger partial charge is 0.399 e.